The average molecular weight is 343 g/mol. The molecule has 1 unspecified atom stereocenters. The molecule has 1 N–H and O–H groups in total. The van der Waals surface area contributed by atoms with Crippen LogP contribution in [0.4, 0.5) is 0 Å². The SMILES string of the molecule is CCOc1ccc(CNC(=O)C(CC)Oc2ccccc2OC)cc1. The van der Waals surface area contributed by atoms with E-state index in [1.165, 1.54) is 0 Å². The molecule has 0 saturated carbocycles. The Labute approximate surface area is 148 Å². The number of nitrogens with one attached hydrogen (secondary N) is 1. The fraction of sp³-hybridized carbons (Fsp3) is 0.350. The number of rotatable bonds is 9. The van der Waals surface area contributed by atoms with Gasteiger partial charge in [-0.15, -0.1) is 0 Å². The third-order valence-electron chi connectivity index (χ3n) is 3.70. The number of ether oxygens (including phenoxy) is 3. The van der Waals surface area contributed by atoms with Gasteiger partial charge in [0.25, 0.3) is 5.91 Å². The van der Waals surface area contributed by atoms with Gasteiger partial charge in [-0.05, 0) is 43.2 Å². The molecule has 25 heavy (non-hydrogen) atoms. The van der Waals surface area contributed by atoms with Crippen molar-refractivity contribution in [3.8, 4) is 17.2 Å². The summed E-state index contributed by atoms with van der Waals surface area (Å²) in [4.78, 5) is 12.4. The largest absolute Gasteiger partial charge is 0.494 e. The van der Waals surface area contributed by atoms with Crippen LogP contribution >= 0.6 is 0 Å². The molecule has 0 aliphatic carbocycles. The van der Waals surface area contributed by atoms with Crippen molar-refractivity contribution in [1.29, 1.82) is 0 Å². The molecule has 0 saturated heterocycles. The molecule has 1 amide bonds. The predicted molar refractivity (Wildman–Crippen MR) is 97.2 cm³/mol. The van der Waals surface area contributed by atoms with Crippen molar-refractivity contribution in [1.82, 2.24) is 5.32 Å². The van der Waals surface area contributed by atoms with E-state index in [0.717, 1.165) is 11.3 Å². The Morgan fingerprint density at radius 2 is 1.72 bits per heavy atom. The fourth-order valence-corrected chi connectivity index (χ4v) is 2.36. The van der Waals surface area contributed by atoms with Crippen LogP contribution in [-0.4, -0.2) is 25.7 Å². The minimum atomic E-state index is -0.570. The Hall–Kier alpha value is -2.69. The second-order valence-corrected chi connectivity index (χ2v) is 5.46. The fourth-order valence-electron chi connectivity index (χ4n) is 2.36. The topological polar surface area (TPSA) is 56.8 Å². The first-order valence-corrected chi connectivity index (χ1v) is 8.47. The molecule has 0 spiro atoms. The number of hydrogen-bond acceptors (Lipinski definition) is 4. The molecule has 0 aromatic heterocycles. The van der Waals surface area contributed by atoms with Gasteiger partial charge in [0.15, 0.2) is 17.6 Å². The number of benzene rings is 2. The molecular weight excluding hydrogens is 318 g/mol. The molecule has 134 valence electrons. The quantitative estimate of drug-likeness (QED) is 0.756. The van der Waals surface area contributed by atoms with E-state index in [9.17, 15) is 4.79 Å². The molecule has 2 aromatic carbocycles. The maximum atomic E-state index is 12.4. The lowest BCUT2D eigenvalue weighted by Gasteiger charge is -2.19. The lowest BCUT2D eigenvalue weighted by Crippen LogP contribution is -2.37. The average Bonchev–Trinajstić information content (AvgIpc) is 2.65. The van der Waals surface area contributed by atoms with Gasteiger partial charge in [-0.1, -0.05) is 31.2 Å². The zero-order valence-corrected chi connectivity index (χ0v) is 15.0. The van der Waals surface area contributed by atoms with Crippen molar-refractivity contribution < 1.29 is 19.0 Å². The van der Waals surface area contributed by atoms with Crippen LogP contribution in [0.3, 0.4) is 0 Å². The van der Waals surface area contributed by atoms with Crippen molar-refractivity contribution in [2.24, 2.45) is 0 Å². The molecule has 0 fully saturated rings. The summed E-state index contributed by atoms with van der Waals surface area (Å²) in [5, 5.41) is 2.91. The normalized spacial score (nSPS) is 11.5. The lowest BCUT2D eigenvalue weighted by atomic mass is 10.2. The summed E-state index contributed by atoms with van der Waals surface area (Å²) in [5.74, 6) is 1.85. The number of carbonyl (C=O) groups is 1. The summed E-state index contributed by atoms with van der Waals surface area (Å²) in [6.45, 7) is 4.93. The molecule has 0 aliphatic rings. The highest BCUT2D eigenvalue weighted by atomic mass is 16.5. The standard InChI is InChI=1S/C20H25NO4/c1-4-17(25-19-9-7-6-8-18(19)23-3)20(22)21-14-15-10-12-16(13-11-15)24-5-2/h6-13,17H,4-5,14H2,1-3H3,(H,21,22). The van der Waals surface area contributed by atoms with Gasteiger partial charge in [-0.25, -0.2) is 0 Å². The highest BCUT2D eigenvalue weighted by Gasteiger charge is 2.19. The zero-order valence-electron chi connectivity index (χ0n) is 15.0. The Morgan fingerprint density at radius 3 is 2.32 bits per heavy atom. The van der Waals surface area contributed by atoms with E-state index in [1.807, 2.05) is 50.2 Å². The number of hydrogen-bond donors (Lipinski definition) is 1. The number of carbonyl (C=O) groups excluding carboxylic acids is 1. The molecule has 1 atom stereocenters. The van der Waals surface area contributed by atoms with E-state index in [-0.39, 0.29) is 5.91 Å². The van der Waals surface area contributed by atoms with Gasteiger partial charge >= 0.3 is 0 Å². The first-order chi connectivity index (χ1) is 12.2. The van der Waals surface area contributed by atoms with Crippen LogP contribution in [-0.2, 0) is 11.3 Å². The zero-order chi connectivity index (χ0) is 18.1. The van der Waals surface area contributed by atoms with Crippen molar-refractivity contribution >= 4 is 5.91 Å². The number of amides is 1. The second kappa shape index (κ2) is 9.57. The molecule has 0 heterocycles. The van der Waals surface area contributed by atoms with Crippen LogP contribution in [0.2, 0.25) is 0 Å². The van der Waals surface area contributed by atoms with E-state index in [0.29, 0.717) is 31.1 Å². The molecule has 0 radical (unpaired) electrons. The molecule has 0 aliphatic heterocycles. The monoisotopic (exact) mass is 343 g/mol. The minimum absolute atomic E-state index is 0.151. The summed E-state index contributed by atoms with van der Waals surface area (Å²) < 4.78 is 16.5. The first kappa shape index (κ1) is 18.6. The summed E-state index contributed by atoms with van der Waals surface area (Å²) in [6, 6.07) is 15.0. The van der Waals surface area contributed by atoms with E-state index in [4.69, 9.17) is 14.2 Å². The number of methoxy groups -OCH3 is 1. The first-order valence-electron chi connectivity index (χ1n) is 8.47. The summed E-state index contributed by atoms with van der Waals surface area (Å²) in [5.41, 5.74) is 1.00. The van der Waals surface area contributed by atoms with E-state index in [2.05, 4.69) is 5.32 Å². The molecule has 5 nitrogen and oxygen atoms in total. The highest BCUT2D eigenvalue weighted by molar-refractivity contribution is 5.81. The summed E-state index contributed by atoms with van der Waals surface area (Å²) >= 11 is 0. The maximum absolute atomic E-state index is 12.4. The molecule has 5 heteroatoms. The van der Waals surface area contributed by atoms with Crippen LogP contribution in [0.1, 0.15) is 25.8 Å². The van der Waals surface area contributed by atoms with Gasteiger partial charge in [-0.3, -0.25) is 4.79 Å². The Kier molecular flexibility index (Phi) is 7.14. The molecular formula is C20H25NO4. The van der Waals surface area contributed by atoms with Crippen molar-refractivity contribution in [2.75, 3.05) is 13.7 Å². The van der Waals surface area contributed by atoms with Crippen LogP contribution in [0, 0.1) is 0 Å². The molecule has 2 aromatic rings. The van der Waals surface area contributed by atoms with Gasteiger partial charge < -0.3 is 19.5 Å². The maximum Gasteiger partial charge on any atom is 0.261 e. The number of para-hydroxylation sites is 2. The third kappa shape index (κ3) is 5.41. The van der Waals surface area contributed by atoms with Crippen LogP contribution < -0.4 is 19.5 Å². The Bertz CT molecular complexity index is 670. The molecule has 0 bridgehead atoms. The van der Waals surface area contributed by atoms with Crippen molar-refractivity contribution in [2.45, 2.75) is 32.9 Å². The van der Waals surface area contributed by atoms with Gasteiger partial charge in [0, 0.05) is 6.54 Å². The summed E-state index contributed by atoms with van der Waals surface area (Å²) in [7, 11) is 1.58. The smallest absolute Gasteiger partial charge is 0.261 e. The van der Waals surface area contributed by atoms with Gasteiger partial charge in [0.2, 0.25) is 0 Å². The molecule has 2 rings (SSSR count). The van der Waals surface area contributed by atoms with E-state index < -0.39 is 6.10 Å². The highest BCUT2D eigenvalue weighted by Crippen LogP contribution is 2.27. The Morgan fingerprint density at radius 1 is 1.04 bits per heavy atom. The van der Waals surface area contributed by atoms with Crippen molar-refractivity contribution in [3.05, 3.63) is 54.1 Å². The Balaban J connectivity index is 1.93. The lowest BCUT2D eigenvalue weighted by molar-refractivity contribution is -0.128. The third-order valence-corrected chi connectivity index (χ3v) is 3.70. The summed E-state index contributed by atoms with van der Waals surface area (Å²) in [6.07, 6.45) is -0.00771. The minimum Gasteiger partial charge on any atom is -0.494 e. The van der Waals surface area contributed by atoms with E-state index >= 15 is 0 Å². The van der Waals surface area contributed by atoms with Crippen LogP contribution in [0.25, 0.3) is 0 Å². The van der Waals surface area contributed by atoms with Gasteiger partial charge in [0.05, 0.1) is 13.7 Å². The van der Waals surface area contributed by atoms with E-state index in [1.54, 1.807) is 19.2 Å². The van der Waals surface area contributed by atoms with Gasteiger partial charge in [-0.2, -0.15) is 0 Å². The predicted octanol–water partition coefficient (Wildman–Crippen LogP) is 3.57. The second-order valence-electron chi connectivity index (χ2n) is 5.46. The van der Waals surface area contributed by atoms with Gasteiger partial charge in [0.1, 0.15) is 5.75 Å². The van der Waals surface area contributed by atoms with Crippen LogP contribution in [0.5, 0.6) is 17.2 Å². The van der Waals surface area contributed by atoms with Crippen molar-refractivity contribution in [3.63, 3.8) is 0 Å². The van der Waals surface area contributed by atoms with Crippen LogP contribution in [0.15, 0.2) is 48.5 Å².